The molecule has 1 heterocycles. The van der Waals surface area contributed by atoms with Gasteiger partial charge in [0.2, 0.25) is 5.91 Å². The molecule has 1 saturated heterocycles. The van der Waals surface area contributed by atoms with E-state index in [1.807, 2.05) is 0 Å². The van der Waals surface area contributed by atoms with Crippen molar-refractivity contribution < 1.29 is 27.4 Å². The molecule has 1 aliphatic heterocycles. The van der Waals surface area contributed by atoms with Crippen LogP contribution in [0.25, 0.3) is 0 Å². The molecule has 0 N–H and O–H groups in total. The maximum absolute atomic E-state index is 12.8. The monoisotopic (exact) mass is 357 g/mol. The number of ether oxygens (including phenoxy) is 2. The van der Waals surface area contributed by atoms with Crippen LogP contribution >= 0.6 is 0 Å². The number of alkyl halides is 3. The second-order valence-corrected chi connectivity index (χ2v) is 6.69. The highest BCUT2D eigenvalue weighted by Crippen LogP contribution is 2.30. The van der Waals surface area contributed by atoms with Gasteiger partial charge in [0.05, 0.1) is 31.3 Å². The summed E-state index contributed by atoms with van der Waals surface area (Å²) < 4.78 is 49.5. The van der Waals surface area contributed by atoms with Crippen molar-refractivity contribution in [1.82, 2.24) is 4.90 Å². The molecule has 1 amide bonds. The normalized spacial score (nSPS) is 21.4. The van der Waals surface area contributed by atoms with E-state index in [1.165, 1.54) is 18.9 Å². The number of carbonyl (C=O) groups excluding carboxylic acids is 1. The van der Waals surface area contributed by atoms with Crippen LogP contribution in [0.15, 0.2) is 24.3 Å². The van der Waals surface area contributed by atoms with E-state index in [2.05, 4.69) is 0 Å². The van der Waals surface area contributed by atoms with Crippen molar-refractivity contribution in [2.75, 3.05) is 32.9 Å². The first kappa shape index (κ1) is 18.2. The first-order valence-electron chi connectivity index (χ1n) is 8.55. The van der Waals surface area contributed by atoms with Gasteiger partial charge >= 0.3 is 6.18 Å². The van der Waals surface area contributed by atoms with E-state index in [4.69, 9.17) is 9.47 Å². The third kappa shape index (κ3) is 5.44. The second kappa shape index (κ2) is 7.74. The van der Waals surface area contributed by atoms with Gasteiger partial charge in [-0.05, 0) is 30.4 Å². The number of hydrogen-bond donors (Lipinski definition) is 0. The number of amides is 1. The number of benzene rings is 1. The number of rotatable bonds is 6. The molecule has 1 unspecified atom stereocenters. The molecule has 0 aromatic heterocycles. The molecular weight excluding hydrogens is 335 g/mol. The third-order valence-corrected chi connectivity index (χ3v) is 4.46. The predicted octanol–water partition coefficient (Wildman–Crippen LogP) is 2.90. The van der Waals surface area contributed by atoms with Gasteiger partial charge in [0.15, 0.2) is 0 Å². The maximum atomic E-state index is 12.8. The summed E-state index contributed by atoms with van der Waals surface area (Å²) in [5.41, 5.74) is -0.362. The Morgan fingerprint density at radius 3 is 2.80 bits per heavy atom. The Hall–Kier alpha value is -1.60. The second-order valence-electron chi connectivity index (χ2n) is 6.69. The Labute approximate surface area is 144 Å². The largest absolute Gasteiger partial charge is 0.416 e. The molecule has 1 atom stereocenters. The van der Waals surface area contributed by atoms with E-state index in [9.17, 15) is 18.0 Å². The molecule has 1 aliphatic carbocycles. The Morgan fingerprint density at radius 2 is 2.08 bits per heavy atom. The van der Waals surface area contributed by atoms with Gasteiger partial charge in [-0.15, -0.1) is 0 Å². The Balaban J connectivity index is 1.51. The van der Waals surface area contributed by atoms with Crippen molar-refractivity contribution in [2.45, 2.75) is 31.5 Å². The van der Waals surface area contributed by atoms with Gasteiger partial charge in [-0.1, -0.05) is 18.2 Å². The number of carbonyl (C=O) groups is 1. The zero-order chi connectivity index (χ0) is 17.9. The van der Waals surface area contributed by atoms with Crippen LogP contribution in [-0.4, -0.2) is 49.8 Å². The van der Waals surface area contributed by atoms with Gasteiger partial charge in [-0.2, -0.15) is 13.2 Å². The highest BCUT2D eigenvalue weighted by atomic mass is 19.4. The number of nitrogens with zero attached hydrogens (tertiary/aromatic N) is 1. The lowest BCUT2D eigenvalue weighted by Crippen LogP contribution is -2.47. The van der Waals surface area contributed by atoms with Crippen molar-refractivity contribution in [3.8, 4) is 0 Å². The van der Waals surface area contributed by atoms with Crippen molar-refractivity contribution in [1.29, 1.82) is 0 Å². The third-order valence-electron chi connectivity index (χ3n) is 4.46. The molecule has 1 saturated carbocycles. The van der Waals surface area contributed by atoms with Crippen molar-refractivity contribution in [3.63, 3.8) is 0 Å². The molecule has 0 spiro atoms. The molecule has 0 bridgehead atoms. The summed E-state index contributed by atoms with van der Waals surface area (Å²) in [5.74, 6) is 0.483. The van der Waals surface area contributed by atoms with Gasteiger partial charge < -0.3 is 14.4 Å². The average molecular weight is 357 g/mol. The number of morpholine rings is 1. The van der Waals surface area contributed by atoms with Crippen LogP contribution in [0.2, 0.25) is 0 Å². The maximum Gasteiger partial charge on any atom is 0.416 e. The highest BCUT2D eigenvalue weighted by molar-refractivity contribution is 5.79. The molecule has 1 aromatic carbocycles. The van der Waals surface area contributed by atoms with Crippen LogP contribution < -0.4 is 0 Å². The van der Waals surface area contributed by atoms with Gasteiger partial charge in [-0.25, -0.2) is 0 Å². The minimum atomic E-state index is -4.40. The van der Waals surface area contributed by atoms with Gasteiger partial charge in [-0.3, -0.25) is 4.79 Å². The lowest BCUT2D eigenvalue weighted by atomic mass is 10.1. The summed E-state index contributed by atoms with van der Waals surface area (Å²) >= 11 is 0. The highest BCUT2D eigenvalue weighted by Gasteiger charge is 2.31. The average Bonchev–Trinajstić information content (AvgIpc) is 3.39. The Bertz CT molecular complexity index is 601. The van der Waals surface area contributed by atoms with Crippen LogP contribution in [0.4, 0.5) is 13.2 Å². The molecule has 2 fully saturated rings. The Kier molecular flexibility index (Phi) is 5.64. The molecule has 2 aliphatic rings. The quantitative estimate of drug-likeness (QED) is 0.786. The van der Waals surface area contributed by atoms with E-state index in [0.29, 0.717) is 37.8 Å². The minimum absolute atomic E-state index is 0.0421. The van der Waals surface area contributed by atoms with Gasteiger partial charge in [0.1, 0.15) is 0 Å². The molecule has 0 radical (unpaired) electrons. The topological polar surface area (TPSA) is 38.8 Å². The molecule has 7 heteroatoms. The zero-order valence-corrected chi connectivity index (χ0v) is 13.9. The van der Waals surface area contributed by atoms with Crippen molar-refractivity contribution >= 4 is 5.91 Å². The van der Waals surface area contributed by atoms with Crippen LogP contribution in [0.3, 0.4) is 0 Å². The first-order chi connectivity index (χ1) is 11.9. The van der Waals surface area contributed by atoms with E-state index >= 15 is 0 Å². The summed E-state index contributed by atoms with van der Waals surface area (Å²) in [5, 5.41) is 0. The lowest BCUT2D eigenvalue weighted by Gasteiger charge is -2.33. The molecular formula is C18H22F3NO3. The van der Waals surface area contributed by atoms with Gasteiger partial charge in [0, 0.05) is 19.7 Å². The van der Waals surface area contributed by atoms with E-state index in [0.717, 1.165) is 18.7 Å². The fourth-order valence-corrected chi connectivity index (χ4v) is 2.84. The SMILES string of the molecule is O=C(Cc1cccc(C(F)(F)F)c1)N1CCOC(COCC2CC2)C1. The molecule has 138 valence electrons. The molecule has 25 heavy (non-hydrogen) atoms. The van der Waals surface area contributed by atoms with Crippen LogP contribution in [0, 0.1) is 5.92 Å². The van der Waals surface area contributed by atoms with E-state index < -0.39 is 11.7 Å². The molecule has 3 rings (SSSR count). The number of hydrogen-bond acceptors (Lipinski definition) is 3. The lowest BCUT2D eigenvalue weighted by molar-refractivity contribution is -0.141. The van der Waals surface area contributed by atoms with Crippen LogP contribution in [0.5, 0.6) is 0 Å². The first-order valence-corrected chi connectivity index (χ1v) is 8.55. The van der Waals surface area contributed by atoms with Crippen LogP contribution in [0.1, 0.15) is 24.0 Å². The van der Waals surface area contributed by atoms with E-state index in [1.54, 1.807) is 11.0 Å². The zero-order valence-electron chi connectivity index (χ0n) is 13.9. The molecule has 4 nitrogen and oxygen atoms in total. The fourth-order valence-electron chi connectivity index (χ4n) is 2.84. The molecule has 1 aromatic rings. The summed E-state index contributed by atoms with van der Waals surface area (Å²) in [6, 6.07) is 4.92. The smallest absolute Gasteiger partial charge is 0.378 e. The predicted molar refractivity (Wildman–Crippen MR) is 85.0 cm³/mol. The summed E-state index contributed by atoms with van der Waals surface area (Å²) in [4.78, 5) is 14.1. The fraction of sp³-hybridized carbons (Fsp3) is 0.611. The van der Waals surface area contributed by atoms with E-state index in [-0.39, 0.29) is 18.4 Å². The van der Waals surface area contributed by atoms with Crippen molar-refractivity contribution in [2.24, 2.45) is 5.92 Å². The summed E-state index contributed by atoms with van der Waals surface area (Å²) in [7, 11) is 0. The number of halogens is 3. The Morgan fingerprint density at radius 1 is 1.28 bits per heavy atom. The van der Waals surface area contributed by atoms with Crippen molar-refractivity contribution in [3.05, 3.63) is 35.4 Å². The summed E-state index contributed by atoms with van der Waals surface area (Å²) in [6.07, 6.45) is -2.18. The minimum Gasteiger partial charge on any atom is -0.378 e. The summed E-state index contributed by atoms with van der Waals surface area (Å²) in [6.45, 7) is 2.48. The van der Waals surface area contributed by atoms with Gasteiger partial charge in [0.25, 0.3) is 0 Å². The standard InChI is InChI=1S/C18H22F3NO3/c19-18(20,21)15-3-1-2-14(8-15)9-17(23)22-6-7-25-16(10-22)12-24-11-13-4-5-13/h1-3,8,13,16H,4-7,9-12H2. The van der Waals surface area contributed by atoms with Crippen LogP contribution in [-0.2, 0) is 26.9 Å².